The van der Waals surface area contributed by atoms with E-state index in [2.05, 4.69) is 32.8 Å². The van der Waals surface area contributed by atoms with Gasteiger partial charge in [0.05, 0.1) is 23.5 Å². The van der Waals surface area contributed by atoms with Crippen LogP contribution in [0.25, 0.3) is 11.3 Å². The molecule has 3 aromatic carbocycles. The van der Waals surface area contributed by atoms with Crippen molar-refractivity contribution < 1.29 is 14.0 Å². The van der Waals surface area contributed by atoms with E-state index in [-0.39, 0.29) is 11.8 Å². The maximum Gasteiger partial charge on any atom is 0.258 e. The van der Waals surface area contributed by atoms with Crippen LogP contribution in [-0.2, 0) is 9.59 Å². The van der Waals surface area contributed by atoms with E-state index in [9.17, 15) is 14.0 Å². The topological polar surface area (TPSA) is 76.7 Å². The van der Waals surface area contributed by atoms with Gasteiger partial charge in [-0.1, -0.05) is 30.3 Å². The Balaban J connectivity index is 1.35. The molecule has 0 unspecified atom stereocenters. The lowest BCUT2D eigenvalue weighted by molar-refractivity contribution is -0.117. The van der Waals surface area contributed by atoms with Crippen molar-refractivity contribution in [1.29, 1.82) is 0 Å². The summed E-state index contributed by atoms with van der Waals surface area (Å²) in [5.41, 5.74) is 4.43. The molecule has 0 aliphatic carbocycles. The fraction of sp³-hybridized carbons (Fsp3) is 0.214. The third kappa shape index (κ3) is 5.30. The molecule has 1 fully saturated rings. The Hall–Kier alpha value is -4.01. The number of nitrogens with one attached hydrogen (secondary N) is 3. The van der Waals surface area contributed by atoms with Gasteiger partial charge in [-0.05, 0) is 55.1 Å². The van der Waals surface area contributed by atoms with Crippen LogP contribution in [0.1, 0.15) is 11.1 Å². The Bertz CT molecular complexity index is 1300. The van der Waals surface area contributed by atoms with Crippen LogP contribution < -0.4 is 16.0 Å². The number of rotatable bonds is 6. The zero-order chi connectivity index (χ0) is 25.1. The maximum absolute atomic E-state index is 13.7. The Morgan fingerprint density at radius 2 is 1.58 bits per heavy atom. The summed E-state index contributed by atoms with van der Waals surface area (Å²) in [4.78, 5) is 29.8. The first-order valence-electron chi connectivity index (χ1n) is 11.9. The lowest BCUT2D eigenvalue weighted by atomic mass is 10.00. The van der Waals surface area contributed by atoms with Crippen LogP contribution in [0.3, 0.4) is 0 Å². The van der Waals surface area contributed by atoms with Gasteiger partial charge in [-0.25, -0.2) is 4.39 Å². The van der Waals surface area contributed by atoms with E-state index >= 15 is 0 Å². The molecule has 5 rings (SSSR count). The molecule has 8 heteroatoms. The van der Waals surface area contributed by atoms with Crippen LogP contribution in [0, 0.1) is 5.82 Å². The van der Waals surface area contributed by atoms with Gasteiger partial charge < -0.3 is 20.9 Å². The van der Waals surface area contributed by atoms with Crippen LogP contribution >= 0.6 is 0 Å². The van der Waals surface area contributed by atoms with Gasteiger partial charge >= 0.3 is 0 Å². The van der Waals surface area contributed by atoms with Gasteiger partial charge in [0.1, 0.15) is 5.82 Å². The molecule has 184 valence electrons. The molecule has 1 saturated heterocycles. The molecule has 7 nitrogen and oxygen atoms in total. The monoisotopic (exact) mass is 485 g/mol. The lowest BCUT2D eigenvalue weighted by Crippen LogP contribution is -2.47. The number of hydrogen-bond donors (Lipinski definition) is 3. The zero-order valence-corrected chi connectivity index (χ0v) is 20.1. The minimum Gasteiger partial charge on any atom is -0.354 e. The largest absolute Gasteiger partial charge is 0.354 e. The predicted octanol–water partition coefficient (Wildman–Crippen LogP) is 3.94. The third-order valence-electron chi connectivity index (χ3n) is 6.44. The summed E-state index contributed by atoms with van der Waals surface area (Å²) < 4.78 is 13.7. The Labute approximate surface area is 209 Å². The molecular weight excluding hydrogens is 457 g/mol. The van der Waals surface area contributed by atoms with Crippen molar-refractivity contribution in [2.75, 3.05) is 55.7 Å². The fourth-order valence-corrected chi connectivity index (χ4v) is 4.47. The van der Waals surface area contributed by atoms with Crippen molar-refractivity contribution in [2.45, 2.75) is 0 Å². The second kappa shape index (κ2) is 10.3. The van der Waals surface area contributed by atoms with E-state index in [0.29, 0.717) is 34.8 Å². The summed E-state index contributed by atoms with van der Waals surface area (Å²) in [7, 11) is 2.09. The molecule has 3 N–H and O–H groups in total. The molecule has 0 radical (unpaired) electrons. The second-order valence-electron chi connectivity index (χ2n) is 9.09. The second-order valence-corrected chi connectivity index (χ2v) is 9.09. The van der Waals surface area contributed by atoms with Gasteiger partial charge in [0, 0.05) is 43.1 Å². The predicted molar refractivity (Wildman–Crippen MR) is 141 cm³/mol. The molecule has 2 heterocycles. The maximum atomic E-state index is 13.7. The van der Waals surface area contributed by atoms with E-state index in [1.807, 2.05) is 54.6 Å². The van der Waals surface area contributed by atoms with Gasteiger partial charge in [-0.15, -0.1) is 0 Å². The molecule has 0 saturated carbocycles. The number of amides is 2. The molecule has 3 aromatic rings. The quantitative estimate of drug-likeness (QED) is 0.461. The number of hydrogen-bond acceptors (Lipinski definition) is 5. The van der Waals surface area contributed by atoms with Gasteiger partial charge in [-0.3, -0.25) is 14.5 Å². The van der Waals surface area contributed by atoms with E-state index < -0.39 is 5.82 Å². The summed E-state index contributed by atoms with van der Waals surface area (Å²) in [6, 6.07) is 21.2. The molecule has 2 amide bonds. The van der Waals surface area contributed by atoms with Gasteiger partial charge in [0.25, 0.3) is 5.91 Å². The number of likely N-dealkylation sites (N-methyl/N-ethyl adjacent to an activating group) is 1. The summed E-state index contributed by atoms with van der Waals surface area (Å²) in [5.74, 6) is -0.747. The van der Waals surface area contributed by atoms with Crippen molar-refractivity contribution in [3.05, 3.63) is 89.7 Å². The van der Waals surface area contributed by atoms with Crippen molar-refractivity contribution in [1.82, 2.24) is 9.80 Å². The van der Waals surface area contributed by atoms with Crippen molar-refractivity contribution in [2.24, 2.45) is 0 Å². The smallest absolute Gasteiger partial charge is 0.258 e. The average Bonchev–Trinajstić information content (AvgIpc) is 3.20. The summed E-state index contributed by atoms with van der Waals surface area (Å²) >= 11 is 0. The van der Waals surface area contributed by atoms with E-state index in [4.69, 9.17) is 0 Å². The van der Waals surface area contributed by atoms with Crippen LogP contribution in [0.15, 0.2) is 72.8 Å². The minimum atomic E-state index is -0.408. The highest BCUT2D eigenvalue weighted by Gasteiger charge is 2.28. The number of fused-ring (bicyclic) bond motifs is 1. The Morgan fingerprint density at radius 1 is 0.917 bits per heavy atom. The summed E-state index contributed by atoms with van der Waals surface area (Å²) in [6.45, 7) is 4.06. The minimum absolute atomic E-state index is 0.0428. The van der Waals surface area contributed by atoms with E-state index in [0.717, 1.165) is 37.4 Å². The number of carbonyl (C=O) groups excluding carboxylic acids is 2. The highest BCUT2D eigenvalue weighted by atomic mass is 19.1. The molecular formula is C28H28FN5O2. The van der Waals surface area contributed by atoms with E-state index in [1.54, 1.807) is 6.07 Å². The number of benzene rings is 3. The first-order valence-corrected chi connectivity index (χ1v) is 11.9. The van der Waals surface area contributed by atoms with Gasteiger partial charge in [0.2, 0.25) is 5.91 Å². The summed E-state index contributed by atoms with van der Waals surface area (Å²) in [5, 5.41) is 9.09. The van der Waals surface area contributed by atoms with Crippen molar-refractivity contribution >= 4 is 40.1 Å². The van der Waals surface area contributed by atoms with Crippen molar-refractivity contribution in [3.63, 3.8) is 0 Å². The zero-order valence-electron chi connectivity index (χ0n) is 20.1. The number of halogens is 1. The molecule has 0 aromatic heterocycles. The standard InChI is InChI=1S/C28H28FN5O2/c1-33-13-15-34(16-14-33)18-25(35)30-21-8-10-22(11-9-21)31-27(19-5-3-2-4-6-19)26-23-12-7-20(29)17-24(23)32-28(26)36/h2-12,17,31H,13-16,18H2,1H3,(H,30,35)(H,32,36). The summed E-state index contributed by atoms with van der Waals surface area (Å²) in [6.07, 6.45) is 0. The first-order chi connectivity index (χ1) is 17.5. The third-order valence-corrected chi connectivity index (χ3v) is 6.44. The number of anilines is 3. The lowest BCUT2D eigenvalue weighted by Gasteiger charge is -2.31. The number of carbonyl (C=O) groups is 2. The molecule has 36 heavy (non-hydrogen) atoms. The van der Waals surface area contributed by atoms with Gasteiger partial charge in [0.15, 0.2) is 0 Å². The first kappa shape index (κ1) is 23.7. The van der Waals surface area contributed by atoms with Crippen LogP contribution in [-0.4, -0.2) is 61.4 Å². The average molecular weight is 486 g/mol. The SMILES string of the molecule is CN1CCN(CC(=O)Nc2ccc(NC(=C3C(=O)Nc4cc(F)ccc43)c3ccccc3)cc2)CC1. The Morgan fingerprint density at radius 3 is 2.28 bits per heavy atom. The molecule has 0 atom stereocenters. The van der Waals surface area contributed by atoms with Gasteiger partial charge in [-0.2, -0.15) is 0 Å². The van der Waals surface area contributed by atoms with Crippen LogP contribution in [0.5, 0.6) is 0 Å². The number of piperazine rings is 1. The highest BCUT2D eigenvalue weighted by Crippen LogP contribution is 2.37. The molecule has 0 spiro atoms. The normalized spacial score (nSPS) is 17.3. The van der Waals surface area contributed by atoms with Crippen LogP contribution in [0.4, 0.5) is 21.5 Å². The number of nitrogens with zero attached hydrogens (tertiary/aromatic N) is 2. The highest BCUT2D eigenvalue weighted by molar-refractivity contribution is 6.37. The molecule has 0 bridgehead atoms. The van der Waals surface area contributed by atoms with E-state index in [1.165, 1.54) is 12.1 Å². The molecule has 2 aliphatic heterocycles. The Kier molecular flexibility index (Phi) is 6.79. The fourth-order valence-electron chi connectivity index (χ4n) is 4.47. The van der Waals surface area contributed by atoms with Crippen LogP contribution in [0.2, 0.25) is 0 Å². The van der Waals surface area contributed by atoms with Crippen molar-refractivity contribution in [3.8, 4) is 0 Å². The molecule has 2 aliphatic rings.